The largest absolute Gasteiger partial charge is 0.416 e. The fraction of sp³-hybridized carbons (Fsp3) is 0.469. The van der Waals surface area contributed by atoms with Gasteiger partial charge in [-0.3, -0.25) is 19.3 Å². The molecule has 0 bridgehead atoms. The first kappa shape index (κ1) is 35.0. The molecule has 0 aromatic heterocycles. The minimum atomic E-state index is -5.00. The molecule has 4 unspecified atom stereocenters. The summed E-state index contributed by atoms with van der Waals surface area (Å²) in [5.74, 6) is -1.93. The van der Waals surface area contributed by atoms with E-state index in [0.717, 1.165) is 0 Å². The molecule has 2 N–H and O–H groups in total. The molecule has 8 nitrogen and oxygen atoms in total. The van der Waals surface area contributed by atoms with E-state index in [-0.39, 0.29) is 12.1 Å². The smallest absolute Gasteiger partial charge is 0.412 e. The van der Waals surface area contributed by atoms with Gasteiger partial charge in [0.2, 0.25) is 11.8 Å². The van der Waals surface area contributed by atoms with Gasteiger partial charge in [-0.1, -0.05) is 81.4 Å². The second-order valence-corrected chi connectivity index (χ2v) is 14.8. The van der Waals surface area contributed by atoms with Crippen molar-refractivity contribution in [3.63, 3.8) is 0 Å². The highest BCUT2D eigenvalue weighted by atomic mass is 28.3. The lowest BCUT2D eigenvalue weighted by Gasteiger charge is -2.53. The number of carbonyl (C=O) groups excluding carboxylic acids is 3. The summed E-state index contributed by atoms with van der Waals surface area (Å²) < 4.78 is 47.4. The highest BCUT2D eigenvalue weighted by molar-refractivity contribution is 6.48. The van der Waals surface area contributed by atoms with Gasteiger partial charge in [0.25, 0.3) is 5.91 Å². The Morgan fingerprint density at radius 2 is 1.55 bits per heavy atom. The van der Waals surface area contributed by atoms with Crippen molar-refractivity contribution in [3.8, 4) is 0 Å². The van der Waals surface area contributed by atoms with Crippen LogP contribution in [0.15, 0.2) is 66.9 Å². The number of halogens is 3. The average molecular weight is 634 g/mol. The molecule has 4 atom stereocenters. The Kier molecular flexibility index (Phi) is 10.9. The van der Waals surface area contributed by atoms with Crippen LogP contribution in [0.5, 0.6) is 0 Å². The molecular weight excluding hydrogens is 591 g/mol. The van der Waals surface area contributed by atoms with Crippen LogP contribution in [0.3, 0.4) is 0 Å². The number of carbonyl (C=O) groups is 3. The molecule has 0 fully saturated rings. The molecule has 2 aromatic carbocycles. The molecule has 0 saturated carbocycles. The fourth-order valence-corrected chi connectivity index (χ4v) is 6.77. The number of rotatable bonds is 10. The van der Waals surface area contributed by atoms with E-state index in [0.29, 0.717) is 11.1 Å². The second kappa shape index (κ2) is 13.7. The number of benzene rings is 2. The molecule has 1 aliphatic rings. The number of nitrogens with one attached hydrogen (secondary N) is 1. The number of alkyl halides is 3. The lowest BCUT2D eigenvalue weighted by atomic mass is 9.71. The van der Waals surface area contributed by atoms with Gasteiger partial charge in [0.1, 0.15) is 12.6 Å². The Hall–Kier alpha value is -3.48. The van der Waals surface area contributed by atoms with Gasteiger partial charge < -0.3 is 19.7 Å². The number of aliphatic hydroxyl groups is 1. The van der Waals surface area contributed by atoms with Crippen molar-refractivity contribution in [2.24, 2.45) is 5.41 Å². The van der Waals surface area contributed by atoms with Crippen molar-refractivity contribution in [1.82, 2.24) is 15.1 Å². The summed E-state index contributed by atoms with van der Waals surface area (Å²) in [6.07, 6.45) is -6.64. The van der Waals surface area contributed by atoms with Gasteiger partial charge in [-0.05, 0) is 43.0 Å². The first-order valence-electron chi connectivity index (χ1n) is 14.5. The summed E-state index contributed by atoms with van der Waals surface area (Å²) in [7, 11) is -1.80. The van der Waals surface area contributed by atoms with E-state index in [1.807, 2.05) is 33.9 Å². The standard InChI is InChI=1S/C32H42F3N3O5Si/c1-21(39)37-19-25(23-16-12-9-13-17-23)38(29(42)27(37)31(5,30(2,3)4)43-44(6)7)20-26(40)36-24(28(41)32(33,34)35)18-22-14-10-8-11-15-22/h8-17,19,24,27-28,41,44H,18,20H2,1-7H3,(H,36,40). The molecule has 0 radical (unpaired) electrons. The average Bonchev–Trinajstić information content (AvgIpc) is 2.92. The van der Waals surface area contributed by atoms with Crippen molar-refractivity contribution in [1.29, 1.82) is 0 Å². The fourth-order valence-electron chi connectivity index (χ4n) is 5.31. The second-order valence-electron chi connectivity index (χ2n) is 12.5. The Labute approximate surface area is 258 Å². The maximum atomic E-state index is 14.5. The van der Waals surface area contributed by atoms with Crippen molar-refractivity contribution in [2.75, 3.05) is 6.54 Å². The van der Waals surface area contributed by atoms with E-state index in [4.69, 9.17) is 4.43 Å². The Balaban J connectivity index is 2.09. The summed E-state index contributed by atoms with van der Waals surface area (Å²) in [4.78, 5) is 43.6. The maximum absolute atomic E-state index is 14.5. The molecule has 0 spiro atoms. The van der Waals surface area contributed by atoms with E-state index >= 15 is 0 Å². The zero-order chi connectivity index (χ0) is 33.0. The SMILES string of the molecule is CC(=O)N1C=C(c2ccccc2)N(CC(=O)NC(Cc2ccccc2)C(O)C(F)(F)F)C(=O)C1C(C)(O[SiH](C)C)C(C)(C)C. The Morgan fingerprint density at radius 3 is 2.02 bits per heavy atom. The number of hydrogen-bond donors (Lipinski definition) is 2. The summed E-state index contributed by atoms with van der Waals surface area (Å²) in [6.45, 7) is 12.0. The quantitative estimate of drug-likeness (QED) is 0.376. The predicted molar refractivity (Wildman–Crippen MR) is 164 cm³/mol. The first-order chi connectivity index (χ1) is 20.4. The molecule has 44 heavy (non-hydrogen) atoms. The van der Waals surface area contributed by atoms with Gasteiger partial charge >= 0.3 is 6.18 Å². The highest BCUT2D eigenvalue weighted by Crippen LogP contribution is 2.43. The molecule has 3 rings (SSSR count). The van der Waals surface area contributed by atoms with Crippen LogP contribution in [-0.2, 0) is 25.2 Å². The van der Waals surface area contributed by atoms with Gasteiger partial charge in [0.15, 0.2) is 15.1 Å². The van der Waals surface area contributed by atoms with Crippen molar-refractivity contribution in [3.05, 3.63) is 78.0 Å². The lowest BCUT2D eigenvalue weighted by Crippen LogP contribution is -2.68. The van der Waals surface area contributed by atoms with E-state index in [1.165, 1.54) is 22.9 Å². The molecule has 3 amide bonds. The summed E-state index contributed by atoms with van der Waals surface area (Å²) >= 11 is 0. The van der Waals surface area contributed by atoms with Crippen molar-refractivity contribution in [2.45, 2.75) is 84.1 Å². The highest BCUT2D eigenvalue weighted by Gasteiger charge is 2.55. The maximum Gasteiger partial charge on any atom is 0.416 e. The van der Waals surface area contributed by atoms with Crippen LogP contribution in [0.1, 0.15) is 45.7 Å². The Bertz CT molecular complexity index is 1350. The van der Waals surface area contributed by atoms with Crippen LogP contribution in [0, 0.1) is 5.41 Å². The van der Waals surface area contributed by atoms with Crippen LogP contribution in [0.2, 0.25) is 13.1 Å². The van der Waals surface area contributed by atoms with Crippen LogP contribution >= 0.6 is 0 Å². The van der Waals surface area contributed by atoms with Gasteiger partial charge in [-0.25, -0.2) is 0 Å². The zero-order valence-electron chi connectivity index (χ0n) is 26.2. The predicted octanol–water partition coefficient (Wildman–Crippen LogP) is 4.50. The number of aliphatic hydroxyl groups excluding tert-OH is 1. The molecule has 1 heterocycles. The van der Waals surface area contributed by atoms with Crippen LogP contribution in [-0.4, -0.2) is 78.2 Å². The topological polar surface area (TPSA) is 99.2 Å². The number of hydrogen-bond acceptors (Lipinski definition) is 5. The minimum absolute atomic E-state index is 0.228. The number of nitrogens with zero attached hydrogens (tertiary/aromatic N) is 2. The van der Waals surface area contributed by atoms with E-state index < -0.39 is 68.7 Å². The minimum Gasteiger partial charge on any atom is -0.412 e. The van der Waals surface area contributed by atoms with E-state index in [9.17, 15) is 32.7 Å². The summed E-state index contributed by atoms with van der Waals surface area (Å²) in [5, 5.41) is 12.5. The molecule has 240 valence electrons. The van der Waals surface area contributed by atoms with Gasteiger partial charge in [-0.15, -0.1) is 0 Å². The number of amides is 3. The van der Waals surface area contributed by atoms with Crippen molar-refractivity contribution < 1.29 is 37.1 Å². The molecule has 0 saturated heterocycles. The van der Waals surface area contributed by atoms with Gasteiger partial charge in [-0.2, -0.15) is 13.2 Å². The van der Waals surface area contributed by atoms with E-state index in [2.05, 4.69) is 5.32 Å². The molecular formula is C32H42F3N3O5Si. The monoisotopic (exact) mass is 633 g/mol. The van der Waals surface area contributed by atoms with Crippen LogP contribution in [0.4, 0.5) is 13.2 Å². The lowest BCUT2D eigenvalue weighted by molar-refractivity contribution is -0.212. The van der Waals surface area contributed by atoms with E-state index in [1.54, 1.807) is 67.6 Å². The van der Waals surface area contributed by atoms with Gasteiger partial charge in [0, 0.05) is 13.1 Å². The zero-order valence-corrected chi connectivity index (χ0v) is 27.3. The molecule has 0 aliphatic carbocycles. The Morgan fingerprint density at radius 1 is 1.00 bits per heavy atom. The third kappa shape index (κ3) is 7.96. The third-order valence-electron chi connectivity index (χ3n) is 7.92. The van der Waals surface area contributed by atoms with Gasteiger partial charge in [0.05, 0.1) is 17.3 Å². The first-order valence-corrected chi connectivity index (χ1v) is 17.3. The summed E-state index contributed by atoms with van der Waals surface area (Å²) in [6, 6.07) is 13.9. The molecule has 1 aliphatic heterocycles. The van der Waals surface area contributed by atoms with Crippen molar-refractivity contribution >= 4 is 32.5 Å². The third-order valence-corrected chi connectivity index (χ3v) is 8.88. The molecule has 12 heteroatoms. The summed E-state index contributed by atoms with van der Waals surface area (Å²) in [5.41, 5.74) is -0.612. The van der Waals surface area contributed by atoms with Crippen LogP contribution < -0.4 is 5.32 Å². The van der Waals surface area contributed by atoms with Crippen LogP contribution in [0.25, 0.3) is 5.70 Å². The molecule has 2 aromatic rings. The normalized spacial score (nSPS) is 18.9.